The van der Waals surface area contributed by atoms with E-state index in [0.29, 0.717) is 5.56 Å². The molecule has 1 atom stereocenters. The highest BCUT2D eigenvalue weighted by Gasteiger charge is 2.19. The number of benzene rings is 1. The van der Waals surface area contributed by atoms with Crippen LogP contribution in [0.4, 0.5) is 4.39 Å². The first-order chi connectivity index (χ1) is 6.96. The lowest BCUT2D eigenvalue weighted by Crippen LogP contribution is -2.46. The van der Waals surface area contributed by atoms with E-state index in [9.17, 15) is 4.39 Å². The van der Waals surface area contributed by atoms with Gasteiger partial charge in [-0.3, -0.25) is 0 Å². The first-order valence-electron chi connectivity index (χ1n) is 4.74. The van der Waals surface area contributed by atoms with Crippen LogP contribution in [-0.2, 0) is 0 Å². The van der Waals surface area contributed by atoms with E-state index in [2.05, 4.69) is 0 Å². The second kappa shape index (κ2) is 4.59. The standard InChI is InChI=1S/C11H16FNO2/c1-8-4-3-5-9(10(8)12)15-7-11(2,13)6-14/h3-5,14H,6-7,13H2,1-2H3. The number of hydrogen-bond donors (Lipinski definition) is 2. The molecule has 3 nitrogen and oxygen atoms in total. The summed E-state index contributed by atoms with van der Waals surface area (Å²) in [5.41, 5.74) is 5.33. The molecule has 0 fully saturated rings. The Morgan fingerprint density at radius 1 is 1.53 bits per heavy atom. The minimum atomic E-state index is -0.851. The Labute approximate surface area is 88.7 Å². The van der Waals surface area contributed by atoms with Crippen LogP contribution in [0.1, 0.15) is 12.5 Å². The van der Waals surface area contributed by atoms with Crippen molar-refractivity contribution in [3.8, 4) is 5.75 Å². The second-order valence-corrected chi connectivity index (χ2v) is 3.99. The Morgan fingerprint density at radius 2 is 2.20 bits per heavy atom. The first kappa shape index (κ1) is 11.9. The third kappa shape index (κ3) is 3.18. The van der Waals surface area contributed by atoms with Crippen LogP contribution in [-0.4, -0.2) is 23.9 Å². The van der Waals surface area contributed by atoms with Crippen molar-refractivity contribution in [2.45, 2.75) is 19.4 Å². The molecule has 0 spiro atoms. The Hall–Kier alpha value is -1.13. The predicted octanol–water partition coefficient (Wildman–Crippen LogP) is 1.22. The molecule has 0 saturated carbocycles. The van der Waals surface area contributed by atoms with Crippen molar-refractivity contribution in [3.63, 3.8) is 0 Å². The summed E-state index contributed by atoms with van der Waals surface area (Å²) in [5.74, 6) is -0.216. The molecule has 1 rings (SSSR count). The summed E-state index contributed by atoms with van der Waals surface area (Å²) >= 11 is 0. The normalized spacial score (nSPS) is 14.7. The molecule has 1 aromatic carbocycles. The summed E-state index contributed by atoms with van der Waals surface area (Å²) in [6, 6.07) is 4.91. The quantitative estimate of drug-likeness (QED) is 0.790. The molecule has 0 heterocycles. The highest BCUT2D eigenvalue weighted by Crippen LogP contribution is 2.20. The van der Waals surface area contributed by atoms with E-state index in [1.165, 1.54) is 6.07 Å². The van der Waals surface area contributed by atoms with Crippen molar-refractivity contribution < 1.29 is 14.2 Å². The zero-order valence-electron chi connectivity index (χ0n) is 8.96. The van der Waals surface area contributed by atoms with Gasteiger partial charge in [-0.2, -0.15) is 0 Å². The van der Waals surface area contributed by atoms with Gasteiger partial charge in [0.2, 0.25) is 0 Å². The van der Waals surface area contributed by atoms with Crippen LogP contribution in [0.25, 0.3) is 0 Å². The fourth-order valence-electron chi connectivity index (χ4n) is 1.02. The highest BCUT2D eigenvalue weighted by atomic mass is 19.1. The van der Waals surface area contributed by atoms with Crippen LogP contribution in [0.15, 0.2) is 18.2 Å². The van der Waals surface area contributed by atoms with Gasteiger partial charge in [-0.1, -0.05) is 12.1 Å². The lowest BCUT2D eigenvalue weighted by atomic mass is 10.1. The lowest BCUT2D eigenvalue weighted by Gasteiger charge is -2.22. The van der Waals surface area contributed by atoms with Gasteiger partial charge in [0.05, 0.1) is 12.1 Å². The molecule has 0 aliphatic heterocycles. The van der Waals surface area contributed by atoms with Crippen molar-refractivity contribution in [2.75, 3.05) is 13.2 Å². The fraction of sp³-hybridized carbons (Fsp3) is 0.455. The van der Waals surface area contributed by atoms with E-state index >= 15 is 0 Å². The van der Waals surface area contributed by atoms with Gasteiger partial charge in [0, 0.05) is 0 Å². The van der Waals surface area contributed by atoms with Gasteiger partial charge in [0.1, 0.15) is 6.61 Å². The largest absolute Gasteiger partial charge is 0.489 e. The summed E-state index contributed by atoms with van der Waals surface area (Å²) in [6.07, 6.45) is 0. The van der Waals surface area contributed by atoms with Gasteiger partial charge < -0.3 is 15.6 Å². The summed E-state index contributed by atoms with van der Waals surface area (Å²) < 4.78 is 18.7. The van der Waals surface area contributed by atoms with Crippen LogP contribution in [0.3, 0.4) is 0 Å². The molecule has 0 aliphatic rings. The monoisotopic (exact) mass is 213 g/mol. The highest BCUT2D eigenvalue weighted by molar-refractivity contribution is 5.30. The van der Waals surface area contributed by atoms with Crippen molar-refractivity contribution >= 4 is 0 Å². The van der Waals surface area contributed by atoms with E-state index < -0.39 is 5.54 Å². The maximum absolute atomic E-state index is 13.5. The van der Waals surface area contributed by atoms with Crippen LogP contribution in [0, 0.1) is 12.7 Å². The van der Waals surface area contributed by atoms with E-state index in [4.69, 9.17) is 15.6 Å². The summed E-state index contributed by atoms with van der Waals surface area (Å²) in [7, 11) is 0. The molecular formula is C11H16FNO2. The molecule has 0 bridgehead atoms. The molecule has 84 valence electrons. The average Bonchev–Trinajstić information content (AvgIpc) is 2.20. The Balaban J connectivity index is 2.70. The number of nitrogens with two attached hydrogens (primary N) is 1. The number of aliphatic hydroxyl groups excluding tert-OH is 1. The molecule has 4 heteroatoms. The lowest BCUT2D eigenvalue weighted by molar-refractivity contribution is 0.143. The summed E-state index contributed by atoms with van der Waals surface area (Å²) in [5, 5.41) is 8.90. The molecule has 15 heavy (non-hydrogen) atoms. The van der Waals surface area contributed by atoms with Crippen molar-refractivity contribution in [3.05, 3.63) is 29.6 Å². The van der Waals surface area contributed by atoms with Crippen molar-refractivity contribution in [1.29, 1.82) is 0 Å². The van der Waals surface area contributed by atoms with Gasteiger partial charge in [-0.05, 0) is 25.5 Å². The Morgan fingerprint density at radius 3 is 2.80 bits per heavy atom. The first-order valence-corrected chi connectivity index (χ1v) is 4.74. The summed E-state index contributed by atoms with van der Waals surface area (Å²) in [4.78, 5) is 0. The molecule has 1 unspecified atom stereocenters. The van der Waals surface area contributed by atoms with Crippen LogP contribution >= 0.6 is 0 Å². The molecule has 1 aromatic rings. The average molecular weight is 213 g/mol. The molecule has 0 amide bonds. The smallest absolute Gasteiger partial charge is 0.167 e. The molecule has 3 N–H and O–H groups in total. The molecular weight excluding hydrogens is 197 g/mol. The minimum absolute atomic E-state index is 0.0733. The van der Waals surface area contributed by atoms with Gasteiger partial charge in [-0.25, -0.2) is 4.39 Å². The molecule has 0 radical (unpaired) electrons. The number of rotatable bonds is 4. The second-order valence-electron chi connectivity index (χ2n) is 3.99. The molecule has 0 aromatic heterocycles. The van der Waals surface area contributed by atoms with Crippen molar-refractivity contribution in [1.82, 2.24) is 0 Å². The van der Waals surface area contributed by atoms with E-state index in [-0.39, 0.29) is 24.8 Å². The van der Waals surface area contributed by atoms with Gasteiger partial charge in [0.25, 0.3) is 0 Å². The molecule has 0 saturated heterocycles. The maximum atomic E-state index is 13.5. The number of aliphatic hydroxyl groups is 1. The van der Waals surface area contributed by atoms with Gasteiger partial charge in [-0.15, -0.1) is 0 Å². The minimum Gasteiger partial charge on any atom is -0.489 e. The SMILES string of the molecule is Cc1cccc(OCC(C)(N)CO)c1F. The fourth-order valence-corrected chi connectivity index (χ4v) is 1.02. The van der Waals surface area contributed by atoms with Crippen LogP contribution in [0.2, 0.25) is 0 Å². The van der Waals surface area contributed by atoms with Gasteiger partial charge >= 0.3 is 0 Å². The maximum Gasteiger partial charge on any atom is 0.167 e. The Bertz CT molecular complexity index is 339. The predicted molar refractivity (Wildman–Crippen MR) is 56.3 cm³/mol. The third-order valence-corrected chi connectivity index (χ3v) is 2.07. The topological polar surface area (TPSA) is 55.5 Å². The third-order valence-electron chi connectivity index (χ3n) is 2.07. The van der Waals surface area contributed by atoms with E-state index in [1.807, 2.05) is 0 Å². The Kier molecular flexibility index (Phi) is 3.66. The summed E-state index contributed by atoms with van der Waals surface area (Å²) in [6.45, 7) is 3.17. The van der Waals surface area contributed by atoms with Crippen LogP contribution in [0.5, 0.6) is 5.75 Å². The van der Waals surface area contributed by atoms with E-state index in [1.54, 1.807) is 26.0 Å². The number of ether oxygens (including phenoxy) is 1. The zero-order valence-corrected chi connectivity index (χ0v) is 8.96. The number of hydrogen-bond acceptors (Lipinski definition) is 3. The zero-order chi connectivity index (χ0) is 11.5. The number of aryl methyl sites for hydroxylation is 1. The van der Waals surface area contributed by atoms with Crippen molar-refractivity contribution in [2.24, 2.45) is 5.73 Å². The van der Waals surface area contributed by atoms with Gasteiger partial charge in [0.15, 0.2) is 11.6 Å². The molecule has 0 aliphatic carbocycles. The van der Waals surface area contributed by atoms with Crippen LogP contribution < -0.4 is 10.5 Å². The van der Waals surface area contributed by atoms with E-state index in [0.717, 1.165) is 0 Å². The number of halogens is 1.